The van der Waals surface area contributed by atoms with Crippen LogP contribution >= 0.6 is 46.0 Å². The summed E-state index contributed by atoms with van der Waals surface area (Å²) in [7, 11) is 0. The quantitative estimate of drug-likeness (QED) is 0.586. The van der Waals surface area contributed by atoms with Gasteiger partial charge in [-0.1, -0.05) is 24.6 Å². The summed E-state index contributed by atoms with van der Waals surface area (Å²) in [5, 5.41) is 0.851. The Morgan fingerprint density at radius 3 is 2.91 bits per heavy atom. The van der Waals surface area contributed by atoms with Crippen molar-refractivity contribution in [3.63, 3.8) is 0 Å². The van der Waals surface area contributed by atoms with Crippen LogP contribution in [0, 0.1) is 3.57 Å². The maximum atomic E-state index is 5.93. The molecule has 0 nitrogen and oxygen atoms in total. The molecule has 60 valence electrons. The number of rotatable bonds is 2. The molecule has 1 rings (SSSR count). The normalized spacial score (nSPS) is 10.1. The van der Waals surface area contributed by atoms with Gasteiger partial charge >= 0.3 is 0 Å². The Balaban J connectivity index is 2.96. The summed E-state index contributed by atoms with van der Waals surface area (Å²) >= 11 is 10.0. The molecule has 0 bridgehead atoms. The second-order valence-electron chi connectivity index (χ2n) is 1.98. The summed E-state index contributed by atoms with van der Waals surface area (Å²) in [5.74, 6) is 1.09. The lowest BCUT2D eigenvalue weighted by Gasteiger charge is -2.02. The van der Waals surface area contributed by atoms with Gasteiger partial charge in [0.2, 0.25) is 0 Å². The SMILES string of the molecule is CCSc1cccc(Cl)c1I. The van der Waals surface area contributed by atoms with Gasteiger partial charge in [0.1, 0.15) is 0 Å². The fourth-order valence-electron chi connectivity index (χ4n) is 0.751. The third-order valence-electron chi connectivity index (χ3n) is 1.22. The molecule has 0 atom stereocenters. The zero-order chi connectivity index (χ0) is 8.27. The van der Waals surface area contributed by atoms with E-state index in [0.717, 1.165) is 10.8 Å². The zero-order valence-electron chi connectivity index (χ0n) is 6.10. The first-order valence-electron chi connectivity index (χ1n) is 3.32. The Hall–Kier alpha value is 0.590. The Morgan fingerprint density at radius 1 is 1.55 bits per heavy atom. The van der Waals surface area contributed by atoms with E-state index in [0.29, 0.717) is 0 Å². The number of halogens is 2. The van der Waals surface area contributed by atoms with E-state index in [1.165, 1.54) is 8.47 Å². The van der Waals surface area contributed by atoms with Crippen molar-refractivity contribution < 1.29 is 0 Å². The summed E-state index contributed by atoms with van der Waals surface area (Å²) in [5.41, 5.74) is 0. The van der Waals surface area contributed by atoms with Crippen LogP contribution in [0.25, 0.3) is 0 Å². The zero-order valence-corrected chi connectivity index (χ0v) is 9.83. The second kappa shape index (κ2) is 4.58. The minimum atomic E-state index is 0.851. The standard InChI is InChI=1S/C8H8ClIS/c1-2-11-7-5-3-4-6(9)8(7)10/h3-5H,2H2,1H3. The average molecular weight is 299 g/mol. The second-order valence-corrected chi connectivity index (χ2v) is 4.78. The minimum Gasteiger partial charge on any atom is -0.125 e. The summed E-state index contributed by atoms with van der Waals surface area (Å²) < 4.78 is 1.17. The molecule has 0 heterocycles. The van der Waals surface area contributed by atoms with Crippen molar-refractivity contribution in [1.29, 1.82) is 0 Å². The molecule has 0 fully saturated rings. The van der Waals surface area contributed by atoms with Crippen molar-refractivity contribution >= 4 is 46.0 Å². The summed E-state index contributed by atoms with van der Waals surface area (Å²) in [6.07, 6.45) is 0. The van der Waals surface area contributed by atoms with Gasteiger partial charge in [-0.25, -0.2) is 0 Å². The van der Waals surface area contributed by atoms with Crippen LogP contribution < -0.4 is 0 Å². The van der Waals surface area contributed by atoms with Crippen LogP contribution in [0.15, 0.2) is 23.1 Å². The van der Waals surface area contributed by atoms with E-state index in [-0.39, 0.29) is 0 Å². The highest BCUT2D eigenvalue weighted by atomic mass is 127. The van der Waals surface area contributed by atoms with Gasteiger partial charge in [-0.3, -0.25) is 0 Å². The van der Waals surface area contributed by atoms with E-state index in [1.54, 1.807) is 0 Å². The van der Waals surface area contributed by atoms with Crippen LogP contribution in [-0.2, 0) is 0 Å². The predicted octanol–water partition coefficient (Wildman–Crippen LogP) is 4.06. The van der Waals surface area contributed by atoms with Crippen molar-refractivity contribution in [2.24, 2.45) is 0 Å². The van der Waals surface area contributed by atoms with Crippen molar-refractivity contribution in [2.75, 3.05) is 5.75 Å². The molecule has 0 amide bonds. The Kier molecular flexibility index (Phi) is 4.02. The molecule has 0 N–H and O–H groups in total. The number of hydrogen-bond acceptors (Lipinski definition) is 1. The van der Waals surface area contributed by atoms with Gasteiger partial charge in [0.15, 0.2) is 0 Å². The van der Waals surface area contributed by atoms with Crippen molar-refractivity contribution in [2.45, 2.75) is 11.8 Å². The number of benzene rings is 1. The molecular formula is C8H8ClIS. The Bertz CT molecular complexity index is 250. The Morgan fingerprint density at radius 2 is 2.27 bits per heavy atom. The topological polar surface area (TPSA) is 0 Å². The van der Waals surface area contributed by atoms with E-state index < -0.39 is 0 Å². The van der Waals surface area contributed by atoms with Crippen molar-refractivity contribution in [3.05, 3.63) is 26.8 Å². The predicted molar refractivity (Wildman–Crippen MR) is 60.6 cm³/mol. The fraction of sp³-hybridized carbons (Fsp3) is 0.250. The molecule has 0 radical (unpaired) electrons. The largest absolute Gasteiger partial charge is 0.125 e. The van der Waals surface area contributed by atoms with Crippen LogP contribution in [0.4, 0.5) is 0 Å². The summed E-state index contributed by atoms with van der Waals surface area (Å²) in [6, 6.07) is 6.01. The Labute approximate surface area is 89.8 Å². The molecule has 11 heavy (non-hydrogen) atoms. The third kappa shape index (κ3) is 2.53. The molecule has 3 heteroatoms. The summed E-state index contributed by atoms with van der Waals surface area (Å²) in [4.78, 5) is 1.28. The first kappa shape index (κ1) is 9.68. The minimum absolute atomic E-state index is 0.851. The van der Waals surface area contributed by atoms with Crippen molar-refractivity contribution in [1.82, 2.24) is 0 Å². The molecule has 1 aromatic carbocycles. The van der Waals surface area contributed by atoms with E-state index >= 15 is 0 Å². The molecule has 1 aromatic rings. The lowest BCUT2D eigenvalue weighted by molar-refractivity contribution is 1.38. The number of hydrogen-bond donors (Lipinski definition) is 0. The van der Waals surface area contributed by atoms with Crippen LogP contribution in [0.2, 0.25) is 5.02 Å². The summed E-state index contributed by atoms with van der Waals surface area (Å²) in [6.45, 7) is 2.14. The molecule has 0 aliphatic carbocycles. The molecule has 0 saturated carbocycles. The van der Waals surface area contributed by atoms with Gasteiger partial charge < -0.3 is 0 Å². The molecule has 0 spiro atoms. The van der Waals surface area contributed by atoms with Gasteiger partial charge in [-0.05, 0) is 40.5 Å². The van der Waals surface area contributed by atoms with E-state index in [4.69, 9.17) is 11.6 Å². The highest BCUT2D eigenvalue weighted by Crippen LogP contribution is 2.29. The lowest BCUT2D eigenvalue weighted by Crippen LogP contribution is -1.79. The van der Waals surface area contributed by atoms with Gasteiger partial charge in [0.05, 0.1) is 5.02 Å². The van der Waals surface area contributed by atoms with Crippen LogP contribution in [-0.4, -0.2) is 5.75 Å². The maximum Gasteiger partial charge on any atom is 0.0550 e. The molecule has 0 unspecified atom stereocenters. The maximum absolute atomic E-state index is 5.93. The van der Waals surface area contributed by atoms with Crippen LogP contribution in [0.1, 0.15) is 6.92 Å². The van der Waals surface area contributed by atoms with Gasteiger partial charge in [0, 0.05) is 8.47 Å². The molecule has 0 aliphatic rings. The van der Waals surface area contributed by atoms with E-state index in [9.17, 15) is 0 Å². The molecular weight excluding hydrogens is 291 g/mol. The van der Waals surface area contributed by atoms with Gasteiger partial charge in [0.25, 0.3) is 0 Å². The van der Waals surface area contributed by atoms with Crippen LogP contribution in [0.3, 0.4) is 0 Å². The van der Waals surface area contributed by atoms with Gasteiger partial charge in [-0.2, -0.15) is 0 Å². The third-order valence-corrected chi connectivity index (χ3v) is 4.32. The van der Waals surface area contributed by atoms with E-state index in [2.05, 4.69) is 35.6 Å². The molecule has 0 saturated heterocycles. The van der Waals surface area contributed by atoms with E-state index in [1.807, 2.05) is 23.9 Å². The molecule has 0 aliphatic heterocycles. The molecule has 0 aromatic heterocycles. The van der Waals surface area contributed by atoms with Gasteiger partial charge in [-0.15, -0.1) is 11.8 Å². The van der Waals surface area contributed by atoms with Crippen LogP contribution in [0.5, 0.6) is 0 Å². The lowest BCUT2D eigenvalue weighted by atomic mass is 10.4. The average Bonchev–Trinajstić information content (AvgIpc) is 1.99. The highest BCUT2D eigenvalue weighted by Gasteiger charge is 2.01. The van der Waals surface area contributed by atoms with Crippen molar-refractivity contribution in [3.8, 4) is 0 Å². The monoisotopic (exact) mass is 298 g/mol. The fourth-order valence-corrected chi connectivity index (χ4v) is 2.53. The smallest absolute Gasteiger partial charge is 0.0550 e. The first-order chi connectivity index (χ1) is 5.25. The number of thioether (sulfide) groups is 1. The first-order valence-corrected chi connectivity index (χ1v) is 5.76. The highest BCUT2D eigenvalue weighted by molar-refractivity contribution is 14.1.